The number of amides is 1. The molecule has 5 nitrogen and oxygen atoms in total. The fourth-order valence-electron chi connectivity index (χ4n) is 2.53. The van der Waals surface area contributed by atoms with Gasteiger partial charge in [0.15, 0.2) is 5.13 Å². The Morgan fingerprint density at radius 2 is 2.19 bits per heavy atom. The highest BCUT2D eigenvalue weighted by atomic mass is 32.1. The Bertz CT molecular complexity index is 917. The van der Waals surface area contributed by atoms with Gasteiger partial charge in [-0.05, 0) is 42.6 Å². The predicted molar refractivity (Wildman–Crippen MR) is 114 cm³/mol. The van der Waals surface area contributed by atoms with Gasteiger partial charge in [-0.15, -0.1) is 11.3 Å². The van der Waals surface area contributed by atoms with E-state index in [0.29, 0.717) is 13.2 Å². The van der Waals surface area contributed by atoms with Gasteiger partial charge in [0.25, 0.3) is 5.91 Å². The van der Waals surface area contributed by atoms with Crippen molar-refractivity contribution in [2.75, 3.05) is 38.7 Å². The van der Waals surface area contributed by atoms with Crippen LogP contribution in [-0.4, -0.2) is 44.7 Å². The number of likely N-dealkylation sites (N-methyl/N-ethyl adjacent to an activating group) is 1. The minimum Gasteiger partial charge on any atom is -0.494 e. The van der Waals surface area contributed by atoms with Crippen molar-refractivity contribution in [1.82, 2.24) is 4.98 Å². The minimum absolute atomic E-state index is 0.0475. The Labute approximate surface area is 167 Å². The molecule has 0 saturated heterocycles. The second-order valence-electron chi connectivity index (χ2n) is 6.35. The maximum atomic E-state index is 12.9. The topological polar surface area (TPSA) is 46.9 Å². The number of nitrogens with zero attached hydrogens (tertiary/aromatic N) is 2. The Kier molecular flexibility index (Phi) is 6.60. The number of benzene rings is 1. The molecule has 1 aromatic carbocycles. The van der Waals surface area contributed by atoms with Crippen molar-refractivity contribution in [3.8, 4) is 5.75 Å². The van der Waals surface area contributed by atoms with Crippen LogP contribution in [0.4, 0.5) is 5.13 Å². The van der Waals surface area contributed by atoms with Crippen molar-refractivity contribution in [3.05, 3.63) is 46.7 Å². The van der Waals surface area contributed by atoms with E-state index in [1.54, 1.807) is 22.3 Å². The lowest BCUT2D eigenvalue weighted by Crippen LogP contribution is -3.06. The van der Waals surface area contributed by atoms with Crippen LogP contribution in [0.15, 0.2) is 41.8 Å². The normalized spacial score (nSPS) is 11.6. The third-order valence-electron chi connectivity index (χ3n) is 3.93. The maximum Gasteiger partial charge on any atom is 0.253 e. The molecule has 3 rings (SSSR count). The highest BCUT2D eigenvalue weighted by Crippen LogP contribution is 2.31. The van der Waals surface area contributed by atoms with Crippen molar-refractivity contribution in [2.45, 2.75) is 6.92 Å². The zero-order valence-electron chi connectivity index (χ0n) is 15.8. The summed E-state index contributed by atoms with van der Waals surface area (Å²) in [5.74, 6) is 0.780. The lowest BCUT2D eigenvalue weighted by atomic mass is 10.3. The van der Waals surface area contributed by atoms with Crippen LogP contribution in [-0.2, 0) is 4.79 Å². The van der Waals surface area contributed by atoms with Gasteiger partial charge in [0.2, 0.25) is 0 Å². The summed E-state index contributed by atoms with van der Waals surface area (Å²) in [4.78, 5) is 21.7. The molecule has 142 valence electrons. The highest BCUT2D eigenvalue weighted by Gasteiger charge is 2.19. The number of thiazole rings is 1. The van der Waals surface area contributed by atoms with E-state index in [-0.39, 0.29) is 5.91 Å². The Hall–Kier alpha value is -2.22. The van der Waals surface area contributed by atoms with Crippen LogP contribution in [0.3, 0.4) is 0 Å². The lowest BCUT2D eigenvalue weighted by Gasteiger charge is -2.19. The number of thiophene rings is 1. The average Bonchev–Trinajstić information content (AvgIpc) is 3.29. The molecule has 0 saturated carbocycles. The Morgan fingerprint density at radius 1 is 1.33 bits per heavy atom. The second-order valence-corrected chi connectivity index (χ2v) is 8.34. The van der Waals surface area contributed by atoms with Crippen molar-refractivity contribution in [2.24, 2.45) is 0 Å². The molecule has 2 aromatic heterocycles. The van der Waals surface area contributed by atoms with Crippen molar-refractivity contribution in [3.63, 3.8) is 0 Å². The SMILES string of the molecule is CCOc1ccc2nc(N(CC[NH+](C)C)C(=O)/C=C/c3cccs3)sc2c1. The molecule has 0 aliphatic heterocycles. The van der Waals surface area contributed by atoms with E-state index in [9.17, 15) is 4.79 Å². The average molecular weight is 403 g/mol. The minimum atomic E-state index is -0.0475. The number of aromatic nitrogens is 1. The summed E-state index contributed by atoms with van der Waals surface area (Å²) in [6, 6.07) is 9.83. The van der Waals surface area contributed by atoms with E-state index in [2.05, 4.69) is 19.1 Å². The van der Waals surface area contributed by atoms with Crippen molar-refractivity contribution >= 4 is 50.0 Å². The van der Waals surface area contributed by atoms with Crippen LogP contribution in [0.25, 0.3) is 16.3 Å². The van der Waals surface area contributed by atoms with E-state index in [4.69, 9.17) is 4.74 Å². The monoisotopic (exact) mass is 402 g/mol. The van der Waals surface area contributed by atoms with Gasteiger partial charge in [-0.25, -0.2) is 4.98 Å². The number of carbonyl (C=O) groups is 1. The van der Waals surface area contributed by atoms with Crippen LogP contribution < -0.4 is 14.5 Å². The van der Waals surface area contributed by atoms with Gasteiger partial charge in [-0.1, -0.05) is 17.4 Å². The number of hydrogen-bond donors (Lipinski definition) is 1. The second kappa shape index (κ2) is 9.12. The molecule has 0 radical (unpaired) electrons. The number of quaternary nitrogens is 1. The standard InChI is InChI=1S/C20H23N3O2S2/c1-4-25-15-7-9-17-18(14-15)27-20(21-17)23(12-11-22(2)3)19(24)10-8-16-6-5-13-26-16/h5-10,13-14H,4,11-12H2,1-3H3/p+1/b10-8+. The summed E-state index contributed by atoms with van der Waals surface area (Å²) in [5.41, 5.74) is 0.885. The number of fused-ring (bicyclic) bond motifs is 1. The lowest BCUT2D eigenvalue weighted by molar-refractivity contribution is -0.856. The van der Waals surface area contributed by atoms with E-state index < -0.39 is 0 Å². The van der Waals surface area contributed by atoms with E-state index in [0.717, 1.165) is 32.5 Å². The number of anilines is 1. The first kappa shape index (κ1) is 19.5. The summed E-state index contributed by atoms with van der Waals surface area (Å²) < 4.78 is 6.60. The summed E-state index contributed by atoms with van der Waals surface area (Å²) >= 11 is 3.13. The first-order valence-corrected chi connectivity index (χ1v) is 10.6. The third-order valence-corrected chi connectivity index (χ3v) is 5.80. The van der Waals surface area contributed by atoms with Gasteiger partial charge in [0, 0.05) is 11.0 Å². The van der Waals surface area contributed by atoms with Crippen molar-refractivity contribution < 1.29 is 14.4 Å². The van der Waals surface area contributed by atoms with Crippen LogP contribution in [0.2, 0.25) is 0 Å². The molecule has 3 aromatic rings. The van der Waals surface area contributed by atoms with E-state index in [1.807, 2.05) is 48.7 Å². The molecule has 0 aliphatic carbocycles. The number of carbonyl (C=O) groups excluding carboxylic acids is 1. The Balaban J connectivity index is 1.87. The predicted octanol–water partition coefficient (Wildman–Crippen LogP) is 2.95. The highest BCUT2D eigenvalue weighted by molar-refractivity contribution is 7.22. The molecule has 1 N–H and O–H groups in total. The first-order valence-electron chi connectivity index (χ1n) is 8.92. The van der Waals surface area contributed by atoms with Gasteiger partial charge in [0.05, 0.1) is 44.0 Å². The maximum absolute atomic E-state index is 12.9. The summed E-state index contributed by atoms with van der Waals surface area (Å²) in [5, 5.41) is 2.72. The summed E-state index contributed by atoms with van der Waals surface area (Å²) in [7, 11) is 4.16. The van der Waals surface area contributed by atoms with Gasteiger partial charge in [-0.2, -0.15) is 0 Å². The largest absolute Gasteiger partial charge is 0.494 e. The van der Waals surface area contributed by atoms with Crippen molar-refractivity contribution in [1.29, 1.82) is 0 Å². The van der Waals surface area contributed by atoms with Gasteiger partial charge in [0.1, 0.15) is 5.75 Å². The van der Waals surface area contributed by atoms with Crippen LogP contribution in [0.1, 0.15) is 11.8 Å². The molecule has 0 bridgehead atoms. The molecular formula is C20H24N3O2S2+. The first-order chi connectivity index (χ1) is 13.1. The molecule has 0 aliphatic rings. The molecular weight excluding hydrogens is 378 g/mol. The van der Waals surface area contributed by atoms with Gasteiger partial charge < -0.3 is 9.64 Å². The quantitative estimate of drug-likeness (QED) is 0.590. The molecule has 27 heavy (non-hydrogen) atoms. The van der Waals surface area contributed by atoms with Gasteiger partial charge >= 0.3 is 0 Å². The summed E-state index contributed by atoms with van der Waals surface area (Å²) in [6.45, 7) is 4.06. The van der Waals surface area contributed by atoms with Gasteiger partial charge in [-0.3, -0.25) is 9.69 Å². The zero-order chi connectivity index (χ0) is 19.2. The molecule has 2 heterocycles. The molecule has 0 unspecified atom stereocenters. The van der Waals surface area contributed by atoms with Crippen LogP contribution in [0, 0.1) is 0 Å². The molecule has 1 amide bonds. The van der Waals surface area contributed by atoms with Crippen LogP contribution >= 0.6 is 22.7 Å². The fraction of sp³-hybridized carbons (Fsp3) is 0.300. The smallest absolute Gasteiger partial charge is 0.253 e. The molecule has 0 fully saturated rings. The van der Waals surface area contributed by atoms with E-state index in [1.165, 1.54) is 16.2 Å². The Morgan fingerprint density at radius 3 is 2.89 bits per heavy atom. The third kappa shape index (κ3) is 5.15. The van der Waals surface area contributed by atoms with Crippen LogP contribution in [0.5, 0.6) is 5.75 Å². The number of rotatable bonds is 8. The molecule has 0 atom stereocenters. The fourth-order valence-corrected chi connectivity index (χ4v) is 4.17. The number of hydrogen-bond acceptors (Lipinski definition) is 5. The number of ether oxygens (including phenoxy) is 1. The zero-order valence-corrected chi connectivity index (χ0v) is 17.4. The summed E-state index contributed by atoms with van der Waals surface area (Å²) in [6.07, 6.45) is 3.50. The van der Waals surface area contributed by atoms with E-state index >= 15 is 0 Å². The molecule has 0 spiro atoms. The molecule has 7 heteroatoms. The number of nitrogens with one attached hydrogen (secondary N) is 1.